The van der Waals surface area contributed by atoms with Crippen LogP contribution in [0.1, 0.15) is 15.2 Å². The van der Waals surface area contributed by atoms with Crippen molar-refractivity contribution in [2.24, 2.45) is 0 Å². The summed E-state index contributed by atoms with van der Waals surface area (Å²) in [6.45, 7) is 0.754. The normalized spacial score (nSPS) is 10.4. The summed E-state index contributed by atoms with van der Waals surface area (Å²) >= 11 is 5.17. The van der Waals surface area contributed by atoms with E-state index in [1.54, 1.807) is 48.5 Å². The van der Waals surface area contributed by atoms with Crippen LogP contribution in [0.25, 0.3) is 0 Å². The van der Waals surface area contributed by atoms with Crippen LogP contribution < -0.4 is 11.1 Å². The first-order valence-electron chi connectivity index (χ1n) is 6.56. The molecule has 21 heavy (non-hydrogen) atoms. The molecule has 0 aliphatic heterocycles. The van der Waals surface area contributed by atoms with Gasteiger partial charge in [-0.25, -0.2) is 0 Å². The highest BCUT2D eigenvalue weighted by molar-refractivity contribution is 9.11. The second-order valence-corrected chi connectivity index (χ2v) is 7.43. The van der Waals surface area contributed by atoms with Gasteiger partial charge in [0.25, 0.3) is 5.91 Å². The maximum atomic E-state index is 12.2. The van der Waals surface area contributed by atoms with E-state index < -0.39 is 0 Å². The third kappa shape index (κ3) is 4.22. The fourth-order valence-electron chi connectivity index (χ4n) is 1.94. The second-order valence-electron chi connectivity index (χ2n) is 4.89. The number of nitrogens with zero attached hydrogens (tertiary/aromatic N) is 1. The van der Waals surface area contributed by atoms with Crippen LogP contribution in [-0.2, 0) is 6.42 Å². The highest BCUT2D eigenvalue weighted by Gasteiger charge is 2.13. The van der Waals surface area contributed by atoms with Gasteiger partial charge in [-0.15, -0.1) is 11.3 Å². The van der Waals surface area contributed by atoms with Crippen molar-refractivity contribution in [1.82, 2.24) is 4.90 Å². The molecule has 0 aliphatic rings. The maximum absolute atomic E-state index is 12.2. The van der Waals surface area contributed by atoms with Gasteiger partial charge in [0.2, 0.25) is 0 Å². The number of anilines is 2. The van der Waals surface area contributed by atoms with Crippen LogP contribution >= 0.6 is 27.3 Å². The van der Waals surface area contributed by atoms with E-state index in [1.165, 1.54) is 4.88 Å². The van der Waals surface area contributed by atoms with Gasteiger partial charge >= 0.3 is 0 Å². The average Bonchev–Trinajstić information content (AvgIpc) is 2.84. The Bertz CT molecular complexity index is 640. The Morgan fingerprint density at radius 2 is 2.10 bits per heavy atom. The zero-order valence-electron chi connectivity index (χ0n) is 12.0. The molecular weight excluding hydrogens is 350 g/mol. The minimum absolute atomic E-state index is 0.0311. The average molecular weight is 368 g/mol. The van der Waals surface area contributed by atoms with E-state index in [0.717, 1.165) is 22.4 Å². The Labute approximate surface area is 137 Å². The second kappa shape index (κ2) is 6.95. The van der Waals surface area contributed by atoms with Crippen LogP contribution in [0, 0.1) is 0 Å². The highest BCUT2D eigenvalue weighted by atomic mass is 79.9. The summed E-state index contributed by atoms with van der Waals surface area (Å²) < 4.78 is 1.13. The number of halogens is 1. The van der Waals surface area contributed by atoms with Crippen molar-refractivity contribution >= 4 is 44.5 Å². The maximum Gasteiger partial charge on any atom is 0.255 e. The lowest BCUT2D eigenvalue weighted by atomic mass is 10.1. The third-order valence-corrected chi connectivity index (χ3v) is 4.68. The van der Waals surface area contributed by atoms with Gasteiger partial charge in [0.05, 0.1) is 9.35 Å². The van der Waals surface area contributed by atoms with Crippen LogP contribution in [0.15, 0.2) is 34.1 Å². The van der Waals surface area contributed by atoms with Gasteiger partial charge in [0, 0.05) is 36.9 Å². The van der Waals surface area contributed by atoms with E-state index in [-0.39, 0.29) is 5.91 Å². The molecule has 4 nitrogen and oxygen atoms in total. The first kappa shape index (κ1) is 15.9. The topological polar surface area (TPSA) is 58.4 Å². The van der Waals surface area contributed by atoms with E-state index in [9.17, 15) is 4.79 Å². The molecule has 0 fully saturated rings. The fraction of sp³-hybridized carbons (Fsp3) is 0.267. The van der Waals surface area contributed by atoms with Gasteiger partial charge in [0.1, 0.15) is 0 Å². The molecule has 1 amide bonds. The van der Waals surface area contributed by atoms with Crippen LogP contribution in [0.4, 0.5) is 11.4 Å². The molecule has 6 heteroatoms. The number of nitrogens with one attached hydrogen (secondary N) is 1. The molecule has 112 valence electrons. The predicted molar refractivity (Wildman–Crippen MR) is 93.1 cm³/mol. The SMILES string of the molecule is CN(C)C(=O)c1ccc(N)cc1NCCc1ccc(Br)s1. The van der Waals surface area contributed by atoms with Gasteiger partial charge in [-0.2, -0.15) is 0 Å². The fourth-order valence-corrected chi connectivity index (χ4v) is 3.42. The van der Waals surface area contributed by atoms with Crippen LogP contribution in [0.2, 0.25) is 0 Å². The molecule has 1 heterocycles. The van der Waals surface area contributed by atoms with Crippen molar-refractivity contribution in [1.29, 1.82) is 0 Å². The number of carbonyl (C=O) groups is 1. The van der Waals surface area contributed by atoms with Crippen molar-refractivity contribution in [2.45, 2.75) is 6.42 Å². The summed E-state index contributed by atoms with van der Waals surface area (Å²) in [5, 5.41) is 3.31. The van der Waals surface area contributed by atoms with E-state index in [1.807, 2.05) is 6.07 Å². The number of nitrogens with two attached hydrogens (primary N) is 1. The molecule has 0 saturated heterocycles. The first-order chi connectivity index (χ1) is 9.97. The largest absolute Gasteiger partial charge is 0.399 e. The highest BCUT2D eigenvalue weighted by Crippen LogP contribution is 2.23. The standard InChI is InChI=1S/C15H18BrN3OS/c1-19(2)15(20)12-5-3-10(17)9-13(12)18-8-7-11-4-6-14(16)21-11/h3-6,9,18H,7-8,17H2,1-2H3. The van der Waals surface area contributed by atoms with Gasteiger partial charge in [0.15, 0.2) is 0 Å². The lowest BCUT2D eigenvalue weighted by Crippen LogP contribution is -2.23. The van der Waals surface area contributed by atoms with Crippen LogP contribution in [-0.4, -0.2) is 31.4 Å². The van der Waals surface area contributed by atoms with Gasteiger partial charge in [-0.05, 0) is 52.7 Å². The van der Waals surface area contributed by atoms with Crippen molar-refractivity contribution in [3.8, 4) is 0 Å². The van der Waals surface area contributed by atoms with Crippen LogP contribution in [0.5, 0.6) is 0 Å². The smallest absolute Gasteiger partial charge is 0.255 e. The quantitative estimate of drug-likeness (QED) is 0.795. The third-order valence-electron chi connectivity index (χ3n) is 3.00. The number of benzene rings is 1. The molecule has 1 aromatic heterocycles. The van der Waals surface area contributed by atoms with Crippen molar-refractivity contribution in [2.75, 3.05) is 31.7 Å². The van der Waals surface area contributed by atoms with E-state index in [0.29, 0.717) is 11.3 Å². The summed E-state index contributed by atoms with van der Waals surface area (Å²) in [5.74, 6) is -0.0311. The summed E-state index contributed by atoms with van der Waals surface area (Å²) in [6, 6.07) is 9.46. The molecular formula is C15H18BrN3OS. The summed E-state index contributed by atoms with van der Waals surface area (Å²) in [4.78, 5) is 15.0. The van der Waals surface area contributed by atoms with Crippen LogP contribution in [0.3, 0.4) is 0 Å². The first-order valence-corrected chi connectivity index (χ1v) is 8.17. The number of amides is 1. The molecule has 0 atom stereocenters. The zero-order valence-corrected chi connectivity index (χ0v) is 14.4. The Kier molecular flexibility index (Phi) is 5.25. The van der Waals surface area contributed by atoms with E-state index >= 15 is 0 Å². The number of hydrogen-bond acceptors (Lipinski definition) is 4. The zero-order chi connectivity index (χ0) is 15.4. The summed E-state index contributed by atoms with van der Waals surface area (Å²) in [6.07, 6.45) is 0.903. The molecule has 0 bridgehead atoms. The Morgan fingerprint density at radius 3 is 2.71 bits per heavy atom. The van der Waals surface area contributed by atoms with Gasteiger partial charge in [-0.1, -0.05) is 0 Å². The Hall–Kier alpha value is -1.53. The summed E-state index contributed by atoms with van der Waals surface area (Å²) in [5.41, 5.74) is 7.89. The molecule has 2 rings (SSSR count). The Balaban J connectivity index is 2.07. The van der Waals surface area contributed by atoms with E-state index in [4.69, 9.17) is 5.73 Å². The molecule has 0 aliphatic carbocycles. The molecule has 0 radical (unpaired) electrons. The number of hydrogen-bond donors (Lipinski definition) is 2. The number of thiophene rings is 1. The lowest BCUT2D eigenvalue weighted by Gasteiger charge is -2.16. The monoisotopic (exact) mass is 367 g/mol. The molecule has 0 unspecified atom stereocenters. The minimum Gasteiger partial charge on any atom is -0.399 e. The molecule has 3 N–H and O–H groups in total. The molecule has 2 aromatic rings. The van der Waals surface area contributed by atoms with Crippen molar-refractivity contribution < 1.29 is 4.79 Å². The predicted octanol–water partition coefficient (Wildman–Crippen LogP) is 3.45. The summed E-state index contributed by atoms with van der Waals surface area (Å²) in [7, 11) is 3.48. The lowest BCUT2D eigenvalue weighted by molar-refractivity contribution is 0.0828. The number of carbonyl (C=O) groups excluding carboxylic acids is 1. The molecule has 0 saturated carbocycles. The van der Waals surface area contributed by atoms with E-state index in [2.05, 4.69) is 27.3 Å². The van der Waals surface area contributed by atoms with Crippen molar-refractivity contribution in [3.63, 3.8) is 0 Å². The number of nitrogen functional groups attached to an aromatic ring is 1. The molecule has 1 aromatic carbocycles. The molecule has 0 spiro atoms. The van der Waals surface area contributed by atoms with Crippen molar-refractivity contribution in [3.05, 3.63) is 44.6 Å². The number of rotatable bonds is 5. The van der Waals surface area contributed by atoms with Gasteiger partial charge in [-0.3, -0.25) is 4.79 Å². The minimum atomic E-state index is -0.0311. The van der Waals surface area contributed by atoms with Gasteiger partial charge < -0.3 is 16.0 Å². The Morgan fingerprint density at radius 1 is 1.33 bits per heavy atom.